The molecule has 164 valence electrons. The van der Waals surface area contributed by atoms with Gasteiger partial charge in [-0.25, -0.2) is 4.39 Å². The van der Waals surface area contributed by atoms with E-state index in [-0.39, 0.29) is 6.04 Å². The van der Waals surface area contributed by atoms with E-state index >= 15 is 0 Å². The summed E-state index contributed by atoms with van der Waals surface area (Å²) < 4.78 is 41.6. The van der Waals surface area contributed by atoms with Gasteiger partial charge in [-0.15, -0.1) is 0 Å². The number of phenols is 2. The van der Waals surface area contributed by atoms with Crippen LogP contribution in [0.3, 0.4) is 0 Å². The Hall–Kier alpha value is -2.32. The minimum atomic E-state index is -3.54. The SMILES string of the molecule is CCCN(CCc1ccc(OS(C)(=O)=O)cc1)C1CCc2c(cc(O)c(O)c2F)C1. The molecule has 0 saturated carbocycles. The minimum Gasteiger partial charge on any atom is -0.504 e. The number of phenolic OH excluding ortho intramolecular Hbond substituents is 2. The fourth-order valence-corrected chi connectivity index (χ4v) is 4.53. The van der Waals surface area contributed by atoms with Crippen LogP contribution in [0.5, 0.6) is 17.2 Å². The number of benzene rings is 2. The molecular weight excluding hydrogens is 409 g/mol. The second-order valence-electron chi connectivity index (χ2n) is 7.81. The number of aromatic hydroxyl groups is 2. The first-order valence-electron chi connectivity index (χ1n) is 10.1. The fourth-order valence-electron chi connectivity index (χ4n) is 4.07. The van der Waals surface area contributed by atoms with Gasteiger partial charge in [0, 0.05) is 12.6 Å². The van der Waals surface area contributed by atoms with E-state index in [9.17, 15) is 23.0 Å². The Labute approximate surface area is 177 Å². The molecule has 1 aliphatic carbocycles. The molecule has 0 aromatic heterocycles. The Bertz CT molecular complexity index is 992. The lowest BCUT2D eigenvalue weighted by Gasteiger charge is -2.35. The van der Waals surface area contributed by atoms with Gasteiger partial charge < -0.3 is 14.4 Å². The molecule has 0 spiro atoms. The number of nitrogens with zero attached hydrogens (tertiary/aromatic N) is 1. The van der Waals surface area contributed by atoms with Gasteiger partial charge in [0.05, 0.1) is 6.26 Å². The Morgan fingerprint density at radius 2 is 1.90 bits per heavy atom. The lowest BCUT2D eigenvalue weighted by molar-refractivity contribution is 0.180. The van der Waals surface area contributed by atoms with Gasteiger partial charge in [-0.1, -0.05) is 19.1 Å². The number of halogens is 1. The van der Waals surface area contributed by atoms with Crippen molar-refractivity contribution in [2.24, 2.45) is 0 Å². The van der Waals surface area contributed by atoms with E-state index < -0.39 is 27.4 Å². The molecule has 1 aliphatic rings. The molecule has 0 aliphatic heterocycles. The quantitative estimate of drug-likeness (QED) is 0.486. The summed E-state index contributed by atoms with van der Waals surface area (Å²) in [6, 6.07) is 8.72. The van der Waals surface area contributed by atoms with Crippen LogP contribution in [-0.2, 0) is 29.4 Å². The number of rotatable bonds is 8. The monoisotopic (exact) mass is 437 g/mol. The average Bonchev–Trinajstić information content (AvgIpc) is 2.69. The standard InChI is InChI=1S/C22H28FNO5S/c1-3-11-24(12-10-15-4-7-18(8-5-15)29-30(2,27)28)17-6-9-19-16(13-17)14-20(25)22(26)21(19)23/h4-5,7-8,14,17,25-26H,3,6,9-13H2,1-2H3. The van der Waals surface area contributed by atoms with Crippen LogP contribution in [-0.4, -0.2) is 48.9 Å². The maximum atomic E-state index is 14.3. The van der Waals surface area contributed by atoms with Gasteiger partial charge in [0.15, 0.2) is 17.3 Å². The van der Waals surface area contributed by atoms with Crippen molar-refractivity contribution in [3.05, 3.63) is 52.8 Å². The van der Waals surface area contributed by atoms with Crippen LogP contribution in [0.15, 0.2) is 30.3 Å². The summed E-state index contributed by atoms with van der Waals surface area (Å²) in [5, 5.41) is 19.4. The Balaban J connectivity index is 1.67. The van der Waals surface area contributed by atoms with Crippen LogP contribution in [0.25, 0.3) is 0 Å². The van der Waals surface area contributed by atoms with Crippen molar-refractivity contribution >= 4 is 10.1 Å². The third-order valence-electron chi connectivity index (χ3n) is 5.48. The van der Waals surface area contributed by atoms with Crippen molar-refractivity contribution in [1.29, 1.82) is 0 Å². The lowest BCUT2D eigenvalue weighted by atomic mass is 9.86. The first kappa shape index (κ1) is 22.4. The third-order valence-corrected chi connectivity index (χ3v) is 5.98. The topological polar surface area (TPSA) is 87.1 Å². The summed E-state index contributed by atoms with van der Waals surface area (Å²) in [7, 11) is -3.54. The molecule has 1 atom stereocenters. The smallest absolute Gasteiger partial charge is 0.306 e. The molecule has 1 unspecified atom stereocenters. The third kappa shape index (κ3) is 5.43. The average molecular weight is 438 g/mol. The number of hydrogen-bond donors (Lipinski definition) is 2. The number of fused-ring (bicyclic) bond motifs is 1. The lowest BCUT2D eigenvalue weighted by Crippen LogP contribution is -2.41. The molecule has 30 heavy (non-hydrogen) atoms. The Morgan fingerprint density at radius 1 is 1.20 bits per heavy atom. The molecule has 0 fully saturated rings. The Morgan fingerprint density at radius 3 is 2.53 bits per heavy atom. The van der Waals surface area contributed by atoms with Gasteiger partial charge in [0.2, 0.25) is 0 Å². The number of hydrogen-bond acceptors (Lipinski definition) is 6. The highest BCUT2D eigenvalue weighted by Gasteiger charge is 2.28. The molecule has 0 radical (unpaired) electrons. The van der Waals surface area contributed by atoms with Crippen LogP contribution in [0.2, 0.25) is 0 Å². The van der Waals surface area contributed by atoms with Gasteiger partial charge in [0.25, 0.3) is 0 Å². The van der Waals surface area contributed by atoms with Crippen molar-refractivity contribution in [2.75, 3.05) is 19.3 Å². The van der Waals surface area contributed by atoms with E-state index in [2.05, 4.69) is 11.8 Å². The highest BCUT2D eigenvalue weighted by molar-refractivity contribution is 7.86. The second kappa shape index (κ2) is 9.22. The molecule has 6 nitrogen and oxygen atoms in total. The van der Waals surface area contributed by atoms with Gasteiger partial charge in [-0.3, -0.25) is 4.90 Å². The summed E-state index contributed by atoms with van der Waals surface area (Å²) in [5.41, 5.74) is 2.32. The van der Waals surface area contributed by atoms with Crippen LogP contribution in [0.1, 0.15) is 36.5 Å². The normalized spacial score (nSPS) is 16.5. The fraction of sp³-hybridized carbons (Fsp3) is 0.455. The van der Waals surface area contributed by atoms with Gasteiger partial charge >= 0.3 is 10.1 Å². The molecule has 3 rings (SSSR count). The van der Waals surface area contributed by atoms with Gasteiger partial charge in [-0.05, 0) is 73.5 Å². The zero-order chi connectivity index (χ0) is 21.9. The van der Waals surface area contributed by atoms with E-state index in [0.29, 0.717) is 24.2 Å². The van der Waals surface area contributed by atoms with Crippen LogP contribution < -0.4 is 4.18 Å². The van der Waals surface area contributed by atoms with E-state index in [0.717, 1.165) is 49.7 Å². The highest BCUT2D eigenvalue weighted by atomic mass is 32.2. The van der Waals surface area contributed by atoms with Crippen molar-refractivity contribution in [3.63, 3.8) is 0 Å². The summed E-state index contributed by atoms with van der Waals surface area (Å²) in [6.07, 6.45) is 4.73. The van der Waals surface area contributed by atoms with Crippen molar-refractivity contribution in [2.45, 2.75) is 45.1 Å². The first-order chi connectivity index (χ1) is 14.2. The zero-order valence-electron chi connectivity index (χ0n) is 17.3. The summed E-state index contributed by atoms with van der Waals surface area (Å²) in [4.78, 5) is 2.38. The summed E-state index contributed by atoms with van der Waals surface area (Å²) in [6.45, 7) is 3.83. The van der Waals surface area contributed by atoms with E-state index in [1.165, 1.54) is 6.07 Å². The predicted molar refractivity (Wildman–Crippen MR) is 113 cm³/mol. The van der Waals surface area contributed by atoms with Crippen LogP contribution in [0, 0.1) is 5.82 Å². The zero-order valence-corrected chi connectivity index (χ0v) is 18.1. The molecule has 0 heterocycles. The van der Waals surface area contributed by atoms with Crippen LogP contribution >= 0.6 is 0 Å². The highest BCUT2D eigenvalue weighted by Crippen LogP contribution is 2.37. The van der Waals surface area contributed by atoms with E-state index in [4.69, 9.17) is 4.18 Å². The van der Waals surface area contributed by atoms with Crippen LogP contribution in [0.4, 0.5) is 4.39 Å². The van der Waals surface area contributed by atoms with E-state index in [1.54, 1.807) is 12.1 Å². The van der Waals surface area contributed by atoms with Crippen molar-refractivity contribution < 1.29 is 27.2 Å². The Kier molecular flexibility index (Phi) is 6.88. The maximum absolute atomic E-state index is 14.3. The maximum Gasteiger partial charge on any atom is 0.306 e. The molecular formula is C22H28FNO5S. The van der Waals surface area contributed by atoms with Gasteiger partial charge in [0.1, 0.15) is 5.75 Å². The van der Waals surface area contributed by atoms with Gasteiger partial charge in [-0.2, -0.15) is 8.42 Å². The summed E-state index contributed by atoms with van der Waals surface area (Å²) >= 11 is 0. The molecule has 0 bridgehead atoms. The molecule has 0 amide bonds. The molecule has 2 aromatic carbocycles. The molecule has 0 saturated heterocycles. The second-order valence-corrected chi connectivity index (χ2v) is 9.38. The largest absolute Gasteiger partial charge is 0.504 e. The summed E-state index contributed by atoms with van der Waals surface area (Å²) in [5.74, 6) is -1.49. The predicted octanol–water partition coefficient (Wildman–Crippen LogP) is 3.39. The van der Waals surface area contributed by atoms with E-state index in [1.807, 2.05) is 12.1 Å². The molecule has 8 heteroatoms. The van der Waals surface area contributed by atoms with Crippen molar-refractivity contribution in [1.82, 2.24) is 4.90 Å². The minimum absolute atomic E-state index is 0.230. The van der Waals surface area contributed by atoms with Crippen molar-refractivity contribution in [3.8, 4) is 17.2 Å². The first-order valence-corrected chi connectivity index (χ1v) is 11.9. The molecule has 2 N–H and O–H groups in total. The molecule has 2 aromatic rings.